The molecule has 180 valence electrons. The minimum absolute atomic E-state index is 0.114. The first-order valence-corrected chi connectivity index (χ1v) is 12.3. The Morgan fingerprint density at radius 2 is 1.84 bits per heavy atom. The summed E-state index contributed by atoms with van der Waals surface area (Å²) >= 11 is 1.18. The van der Waals surface area contributed by atoms with Crippen molar-refractivity contribution in [1.82, 2.24) is 8.61 Å². The molecule has 1 aliphatic rings. The fourth-order valence-corrected chi connectivity index (χ4v) is 4.42. The van der Waals surface area contributed by atoms with Gasteiger partial charge in [-0.15, -0.1) is 0 Å². The van der Waals surface area contributed by atoms with Crippen molar-refractivity contribution in [2.75, 3.05) is 26.7 Å². The van der Waals surface area contributed by atoms with Gasteiger partial charge in [0.05, 0.1) is 6.61 Å². The summed E-state index contributed by atoms with van der Waals surface area (Å²) in [4.78, 5) is 24.8. The number of rotatable bonds is 13. The quantitative estimate of drug-likeness (QED) is 0.212. The molecule has 0 N–H and O–H groups in total. The summed E-state index contributed by atoms with van der Waals surface area (Å²) in [6.07, 6.45) is 7.17. The van der Waals surface area contributed by atoms with Gasteiger partial charge in [0, 0.05) is 37.7 Å². The van der Waals surface area contributed by atoms with E-state index in [1.54, 1.807) is 20.0 Å². The second-order valence-corrected chi connectivity index (χ2v) is 9.89. The fourth-order valence-electron chi connectivity index (χ4n) is 3.60. The minimum Gasteiger partial charge on any atom is -0.483 e. The predicted molar refractivity (Wildman–Crippen MR) is 128 cm³/mol. The third kappa shape index (κ3) is 8.54. The van der Waals surface area contributed by atoms with Crippen LogP contribution in [0.15, 0.2) is 18.2 Å². The van der Waals surface area contributed by atoms with E-state index in [2.05, 4.69) is 6.92 Å². The number of carbonyl (C=O) groups excluding carboxylic acids is 2. The highest BCUT2D eigenvalue weighted by atomic mass is 32.2. The maximum absolute atomic E-state index is 12.8. The van der Waals surface area contributed by atoms with Gasteiger partial charge in [0.25, 0.3) is 0 Å². The first-order chi connectivity index (χ1) is 15.3. The van der Waals surface area contributed by atoms with Crippen LogP contribution in [0.1, 0.15) is 71.8 Å². The van der Waals surface area contributed by atoms with Crippen molar-refractivity contribution in [3.8, 4) is 11.5 Å². The normalized spacial score (nSPS) is 14.1. The first-order valence-electron chi connectivity index (χ1n) is 11.6. The van der Waals surface area contributed by atoms with Crippen molar-refractivity contribution in [3.63, 3.8) is 0 Å². The summed E-state index contributed by atoms with van der Waals surface area (Å²) in [5.74, 6) is 0.738. The SMILES string of the molecule is CCCCCCCCN(CC(=O)OCC)SN(C)C(=O)Oc1cccc2c1OC(C)(C)C2. The summed E-state index contributed by atoms with van der Waals surface area (Å²) in [5, 5.41) is 0. The topological polar surface area (TPSA) is 68.3 Å². The molecule has 0 fully saturated rings. The zero-order valence-corrected chi connectivity index (χ0v) is 21.0. The molecule has 0 bridgehead atoms. The van der Waals surface area contributed by atoms with Crippen LogP contribution in [0, 0.1) is 0 Å². The van der Waals surface area contributed by atoms with Crippen LogP contribution in [0.25, 0.3) is 0 Å². The molecule has 1 aromatic carbocycles. The number of amides is 1. The largest absolute Gasteiger partial charge is 0.483 e. The molecule has 0 saturated heterocycles. The number of carbonyl (C=O) groups is 2. The Bertz CT molecular complexity index is 756. The highest BCUT2D eigenvalue weighted by Crippen LogP contribution is 2.42. The number of unbranched alkanes of at least 4 members (excludes halogenated alkanes) is 5. The summed E-state index contributed by atoms with van der Waals surface area (Å²) in [5.41, 5.74) is 0.710. The van der Waals surface area contributed by atoms with E-state index >= 15 is 0 Å². The standard InChI is InChI=1S/C24H38N2O5S/c1-6-8-9-10-11-12-16-26(18-21(27)29-7-2)32-25(5)23(28)30-20-15-13-14-19-17-24(3,4)31-22(19)20/h13-15H,6-12,16-18H2,1-5H3. The Kier molecular flexibility index (Phi) is 10.6. The van der Waals surface area contributed by atoms with Crippen molar-refractivity contribution in [2.45, 2.75) is 78.2 Å². The lowest BCUT2D eigenvalue weighted by Gasteiger charge is -2.25. The van der Waals surface area contributed by atoms with Crippen LogP contribution in [0.2, 0.25) is 0 Å². The molecule has 0 atom stereocenters. The summed E-state index contributed by atoms with van der Waals surface area (Å²) < 4.78 is 20.0. The smallest absolute Gasteiger partial charge is 0.426 e. The molecule has 7 nitrogen and oxygen atoms in total. The van der Waals surface area contributed by atoms with Crippen molar-refractivity contribution >= 4 is 24.2 Å². The molecular weight excluding hydrogens is 428 g/mol. The molecule has 32 heavy (non-hydrogen) atoms. The minimum atomic E-state index is -0.520. The van der Waals surface area contributed by atoms with E-state index in [0.29, 0.717) is 24.7 Å². The molecule has 0 aliphatic carbocycles. The van der Waals surface area contributed by atoms with Crippen molar-refractivity contribution in [3.05, 3.63) is 23.8 Å². The number of hydrogen-bond acceptors (Lipinski definition) is 7. The van der Waals surface area contributed by atoms with E-state index in [1.807, 2.05) is 30.3 Å². The molecule has 1 aliphatic heterocycles. The maximum atomic E-state index is 12.8. The van der Waals surface area contributed by atoms with E-state index < -0.39 is 6.09 Å². The second kappa shape index (κ2) is 12.9. The molecular formula is C24H38N2O5S. The van der Waals surface area contributed by atoms with Gasteiger partial charge in [-0.05, 0) is 33.3 Å². The van der Waals surface area contributed by atoms with Crippen LogP contribution >= 0.6 is 12.1 Å². The third-order valence-corrected chi connectivity index (χ3v) is 6.06. The molecule has 0 radical (unpaired) electrons. The first kappa shape index (κ1) is 26.3. The van der Waals surface area contributed by atoms with Crippen LogP contribution in [0.3, 0.4) is 0 Å². The number of benzene rings is 1. The van der Waals surface area contributed by atoms with Crippen LogP contribution in [0.4, 0.5) is 4.79 Å². The maximum Gasteiger partial charge on any atom is 0.426 e. The molecule has 0 unspecified atom stereocenters. The zero-order valence-electron chi connectivity index (χ0n) is 20.1. The van der Waals surface area contributed by atoms with Crippen LogP contribution in [0.5, 0.6) is 11.5 Å². The Balaban J connectivity index is 1.93. The molecule has 0 saturated carbocycles. The van der Waals surface area contributed by atoms with Gasteiger partial charge in [0.15, 0.2) is 11.5 Å². The Morgan fingerprint density at radius 1 is 1.12 bits per heavy atom. The molecule has 2 rings (SSSR count). The van der Waals surface area contributed by atoms with Gasteiger partial charge in [-0.2, -0.15) is 0 Å². The number of nitrogens with zero attached hydrogens (tertiary/aromatic N) is 2. The number of para-hydroxylation sites is 1. The summed E-state index contributed by atoms with van der Waals surface area (Å²) in [7, 11) is 1.64. The number of ether oxygens (including phenoxy) is 3. The van der Waals surface area contributed by atoms with Crippen molar-refractivity contribution in [1.29, 1.82) is 0 Å². The summed E-state index contributed by atoms with van der Waals surface area (Å²) in [6, 6.07) is 5.59. The average Bonchev–Trinajstić information content (AvgIpc) is 3.05. The van der Waals surface area contributed by atoms with E-state index in [9.17, 15) is 9.59 Å². The number of fused-ring (bicyclic) bond motifs is 1. The Hall–Kier alpha value is -1.93. The number of hydrogen-bond donors (Lipinski definition) is 0. The van der Waals surface area contributed by atoms with Crippen LogP contribution < -0.4 is 9.47 Å². The lowest BCUT2D eigenvalue weighted by Crippen LogP contribution is -2.33. The Labute approximate surface area is 197 Å². The molecule has 1 amide bonds. The molecule has 1 aromatic rings. The lowest BCUT2D eigenvalue weighted by molar-refractivity contribution is -0.143. The van der Waals surface area contributed by atoms with Gasteiger partial charge in [-0.25, -0.2) is 13.4 Å². The van der Waals surface area contributed by atoms with Crippen molar-refractivity contribution in [2.24, 2.45) is 0 Å². The fraction of sp³-hybridized carbons (Fsp3) is 0.667. The molecule has 0 aromatic heterocycles. The molecule has 8 heteroatoms. The highest BCUT2D eigenvalue weighted by molar-refractivity contribution is 7.95. The van der Waals surface area contributed by atoms with Gasteiger partial charge in [0.2, 0.25) is 0 Å². The third-order valence-electron chi connectivity index (χ3n) is 5.12. The second-order valence-electron chi connectivity index (χ2n) is 8.67. The van der Waals surface area contributed by atoms with Gasteiger partial charge < -0.3 is 14.2 Å². The van der Waals surface area contributed by atoms with E-state index in [4.69, 9.17) is 14.2 Å². The Morgan fingerprint density at radius 3 is 2.56 bits per heavy atom. The monoisotopic (exact) mass is 466 g/mol. The van der Waals surface area contributed by atoms with E-state index in [-0.39, 0.29) is 18.1 Å². The van der Waals surface area contributed by atoms with Gasteiger partial charge >= 0.3 is 12.1 Å². The van der Waals surface area contributed by atoms with Crippen LogP contribution in [-0.4, -0.2) is 53.0 Å². The van der Waals surface area contributed by atoms with E-state index in [1.165, 1.54) is 42.1 Å². The van der Waals surface area contributed by atoms with E-state index in [0.717, 1.165) is 24.8 Å². The van der Waals surface area contributed by atoms with Gasteiger partial charge in [-0.3, -0.25) is 4.79 Å². The van der Waals surface area contributed by atoms with Gasteiger partial charge in [-0.1, -0.05) is 51.2 Å². The van der Waals surface area contributed by atoms with Gasteiger partial charge in [0.1, 0.15) is 12.1 Å². The summed E-state index contributed by atoms with van der Waals surface area (Å²) in [6.45, 7) is 9.14. The number of esters is 1. The predicted octanol–water partition coefficient (Wildman–Crippen LogP) is 5.62. The average molecular weight is 467 g/mol. The highest BCUT2D eigenvalue weighted by Gasteiger charge is 2.33. The lowest BCUT2D eigenvalue weighted by atomic mass is 10.0. The molecule has 1 heterocycles. The molecule has 0 spiro atoms. The zero-order chi connectivity index (χ0) is 23.6. The van der Waals surface area contributed by atoms with Crippen molar-refractivity contribution < 1.29 is 23.8 Å². The van der Waals surface area contributed by atoms with Crippen LogP contribution in [-0.2, 0) is 16.0 Å².